The molecule has 0 aliphatic carbocycles. The van der Waals surface area contributed by atoms with Crippen molar-refractivity contribution in [2.24, 2.45) is 0 Å². The lowest BCUT2D eigenvalue weighted by molar-refractivity contribution is -0.0720. The molecule has 4 rings (SSSR count). The third-order valence-electron chi connectivity index (χ3n) is 5.83. The van der Waals surface area contributed by atoms with Gasteiger partial charge in [0.1, 0.15) is 16.4 Å². The monoisotopic (exact) mass is 480 g/mol. The molecule has 9 nitrogen and oxygen atoms in total. The molecular formula is C21H22Cl2N4O5. The molecule has 2 N–H and O–H groups in total. The average molecular weight is 481 g/mol. The van der Waals surface area contributed by atoms with Crippen LogP contribution in [0.15, 0.2) is 27.7 Å². The van der Waals surface area contributed by atoms with E-state index in [1.54, 1.807) is 13.2 Å². The fourth-order valence-electron chi connectivity index (χ4n) is 3.86. The van der Waals surface area contributed by atoms with Gasteiger partial charge in [0.05, 0.1) is 23.4 Å². The topological polar surface area (TPSA) is 110 Å². The number of halogens is 2. The van der Waals surface area contributed by atoms with Crippen LogP contribution in [-0.2, 0) is 10.3 Å². The standard InChI is InChI=1S/C21H22Cl2N4O5/c1-27-6-4-21(31-3,5-7-27)14-8-11-12(9-25-20(30-2)17(11)32-14)18(28)26-16-13(22)10-24-19(29)15(16)23/h8-10H,4-7H2,1-3H3,(H2,24,26,28,29). The van der Waals surface area contributed by atoms with Crippen molar-refractivity contribution in [1.82, 2.24) is 14.9 Å². The van der Waals surface area contributed by atoms with Gasteiger partial charge in [-0.15, -0.1) is 0 Å². The number of hydrogen-bond acceptors (Lipinski definition) is 7. The zero-order valence-electron chi connectivity index (χ0n) is 17.8. The van der Waals surface area contributed by atoms with E-state index in [1.807, 2.05) is 0 Å². The van der Waals surface area contributed by atoms with Crippen LogP contribution in [0.1, 0.15) is 29.0 Å². The lowest BCUT2D eigenvalue weighted by Gasteiger charge is -2.37. The second kappa shape index (κ2) is 8.74. The van der Waals surface area contributed by atoms with Gasteiger partial charge in [-0.1, -0.05) is 23.2 Å². The number of H-pyrrole nitrogens is 1. The first kappa shape index (κ1) is 22.6. The summed E-state index contributed by atoms with van der Waals surface area (Å²) in [5.41, 5.74) is -0.641. The van der Waals surface area contributed by atoms with Crippen molar-refractivity contribution in [2.75, 3.05) is 39.7 Å². The van der Waals surface area contributed by atoms with E-state index in [2.05, 4.69) is 27.2 Å². The number of anilines is 1. The average Bonchev–Trinajstić information content (AvgIpc) is 3.25. The minimum Gasteiger partial charge on any atom is -0.478 e. The van der Waals surface area contributed by atoms with Crippen molar-refractivity contribution in [2.45, 2.75) is 18.4 Å². The van der Waals surface area contributed by atoms with Crippen molar-refractivity contribution >= 4 is 45.8 Å². The predicted octanol–water partition coefficient (Wildman–Crippen LogP) is 3.65. The second-order valence-electron chi connectivity index (χ2n) is 7.65. The Morgan fingerprint density at radius 3 is 2.69 bits per heavy atom. The van der Waals surface area contributed by atoms with Crippen molar-refractivity contribution in [3.63, 3.8) is 0 Å². The van der Waals surface area contributed by atoms with Crippen LogP contribution in [0.5, 0.6) is 5.88 Å². The molecule has 0 aromatic carbocycles. The van der Waals surface area contributed by atoms with E-state index in [0.717, 1.165) is 25.9 Å². The van der Waals surface area contributed by atoms with Gasteiger partial charge in [-0.3, -0.25) is 9.59 Å². The quantitative estimate of drug-likeness (QED) is 0.573. The van der Waals surface area contributed by atoms with Crippen LogP contribution in [0.2, 0.25) is 10.0 Å². The van der Waals surface area contributed by atoms with Crippen molar-refractivity contribution in [3.8, 4) is 5.88 Å². The first-order valence-electron chi connectivity index (χ1n) is 9.88. The number of carbonyl (C=O) groups excluding carboxylic acids is 1. The lowest BCUT2D eigenvalue weighted by Crippen LogP contribution is -2.41. The summed E-state index contributed by atoms with van der Waals surface area (Å²) in [5, 5.41) is 2.97. The normalized spacial score (nSPS) is 16.3. The summed E-state index contributed by atoms with van der Waals surface area (Å²) in [6.45, 7) is 1.68. The van der Waals surface area contributed by atoms with Crippen LogP contribution in [0.4, 0.5) is 5.69 Å². The Morgan fingerprint density at radius 2 is 2.03 bits per heavy atom. The van der Waals surface area contributed by atoms with Gasteiger partial charge in [0.25, 0.3) is 17.3 Å². The van der Waals surface area contributed by atoms with Crippen molar-refractivity contribution < 1.29 is 18.7 Å². The molecule has 1 aliphatic rings. The minimum atomic E-state index is -0.621. The largest absolute Gasteiger partial charge is 0.478 e. The summed E-state index contributed by atoms with van der Waals surface area (Å²) in [7, 11) is 5.18. The van der Waals surface area contributed by atoms with Crippen LogP contribution in [0, 0.1) is 0 Å². The number of aromatic amines is 1. The molecule has 0 spiro atoms. The molecule has 170 valence electrons. The molecule has 1 saturated heterocycles. The van der Waals surface area contributed by atoms with Gasteiger partial charge in [0, 0.05) is 38.0 Å². The van der Waals surface area contributed by atoms with Crippen LogP contribution in [0.25, 0.3) is 11.0 Å². The van der Waals surface area contributed by atoms with E-state index < -0.39 is 17.1 Å². The summed E-state index contributed by atoms with van der Waals surface area (Å²) in [6.07, 6.45) is 4.09. The van der Waals surface area contributed by atoms with E-state index >= 15 is 0 Å². The maximum atomic E-state index is 13.1. The number of rotatable bonds is 5. The minimum absolute atomic E-state index is 0.0125. The number of fused-ring (bicyclic) bond motifs is 1. The SMILES string of the molecule is COc1ncc(C(=O)Nc2c(Cl)c[nH]c(=O)c2Cl)c2cc(C3(OC)CCN(C)CC3)oc12. The van der Waals surface area contributed by atoms with Gasteiger partial charge in [-0.2, -0.15) is 0 Å². The van der Waals surface area contributed by atoms with E-state index in [0.29, 0.717) is 16.7 Å². The number of furan rings is 1. The highest BCUT2D eigenvalue weighted by Crippen LogP contribution is 2.41. The van der Waals surface area contributed by atoms with Gasteiger partial charge in [-0.25, -0.2) is 4.98 Å². The van der Waals surface area contributed by atoms with Gasteiger partial charge in [-0.05, 0) is 26.0 Å². The highest BCUT2D eigenvalue weighted by atomic mass is 35.5. The third kappa shape index (κ3) is 3.86. The molecule has 0 unspecified atom stereocenters. The van der Waals surface area contributed by atoms with E-state index in [1.165, 1.54) is 19.5 Å². The molecule has 0 atom stereocenters. The number of likely N-dealkylation sites (tertiary alicyclic amines) is 1. The summed E-state index contributed by atoms with van der Waals surface area (Å²) in [6, 6.07) is 1.78. The highest BCUT2D eigenvalue weighted by Gasteiger charge is 2.39. The molecule has 11 heteroatoms. The Kier molecular flexibility index (Phi) is 6.17. The number of piperidine rings is 1. The number of aromatic nitrogens is 2. The molecule has 32 heavy (non-hydrogen) atoms. The third-order valence-corrected chi connectivity index (χ3v) is 6.48. The highest BCUT2D eigenvalue weighted by molar-refractivity contribution is 6.39. The number of pyridine rings is 2. The summed E-state index contributed by atoms with van der Waals surface area (Å²) in [5.74, 6) is 0.284. The zero-order valence-corrected chi connectivity index (χ0v) is 19.3. The number of hydrogen-bond donors (Lipinski definition) is 2. The van der Waals surface area contributed by atoms with Gasteiger partial charge in [0.2, 0.25) is 0 Å². The number of ether oxygens (including phenoxy) is 2. The molecule has 0 radical (unpaired) electrons. The van der Waals surface area contributed by atoms with E-state index in [-0.39, 0.29) is 27.2 Å². The van der Waals surface area contributed by atoms with Crippen molar-refractivity contribution in [3.05, 3.63) is 50.2 Å². The Balaban J connectivity index is 1.79. The van der Waals surface area contributed by atoms with Crippen molar-refractivity contribution in [1.29, 1.82) is 0 Å². The molecule has 3 aromatic rings. The molecule has 1 aliphatic heterocycles. The Labute approximate surface area is 193 Å². The Hall–Kier alpha value is -2.59. The first-order valence-corrected chi connectivity index (χ1v) is 10.6. The summed E-state index contributed by atoms with van der Waals surface area (Å²) >= 11 is 12.1. The van der Waals surface area contributed by atoms with E-state index in [9.17, 15) is 9.59 Å². The number of carbonyl (C=O) groups is 1. The molecule has 1 amide bonds. The van der Waals surface area contributed by atoms with Gasteiger partial charge in [0.15, 0.2) is 5.58 Å². The van der Waals surface area contributed by atoms with Crippen LogP contribution >= 0.6 is 23.2 Å². The fraction of sp³-hybridized carbons (Fsp3) is 0.381. The fourth-order valence-corrected chi connectivity index (χ4v) is 4.31. The van der Waals surface area contributed by atoms with Crippen LogP contribution in [-0.4, -0.2) is 55.1 Å². The zero-order chi connectivity index (χ0) is 23.0. The lowest BCUT2D eigenvalue weighted by atomic mass is 9.88. The number of nitrogens with zero attached hydrogens (tertiary/aromatic N) is 2. The molecule has 4 heterocycles. The number of amides is 1. The van der Waals surface area contributed by atoms with Gasteiger partial charge >= 0.3 is 0 Å². The maximum absolute atomic E-state index is 13.1. The summed E-state index contributed by atoms with van der Waals surface area (Å²) in [4.78, 5) is 33.8. The van der Waals surface area contributed by atoms with Gasteiger partial charge < -0.3 is 29.1 Å². The van der Waals surface area contributed by atoms with Crippen LogP contribution in [0.3, 0.4) is 0 Å². The summed E-state index contributed by atoms with van der Waals surface area (Å²) < 4.78 is 17.4. The van der Waals surface area contributed by atoms with E-state index in [4.69, 9.17) is 37.1 Å². The Bertz CT molecular complexity index is 1230. The maximum Gasteiger partial charge on any atom is 0.268 e. The number of methoxy groups -OCH3 is 2. The first-order chi connectivity index (χ1) is 15.3. The number of nitrogens with one attached hydrogen (secondary N) is 2. The molecule has 3 aromatic heterocycles. The molecule has 0 bridgehead atoms. The second-order valence-corrected chi connectivity index (χ2v) is 8.43. The molecule has 1 fully saturated rings. The Morgan fingerprint density at radius 1 is 1.31 bits per heavy atom. The van der Waals surface area contributed by atoms with Crippen LogP contribution < -0.4 is 15.6 Å². The molecular weight excluding hydrogens is 459 g/mol. The molecule has 0 saturated carbocycles. The predicted molar refractivity (Wildman–Crippen MR) is 121 cm³/mol. The smallest absolute Gasteiger partial charge is 0.268 e.